The van der Waals surface area contributed by atoms with Crippen molar-refractivity contribution in [3.05, 3.63) is 0 Å². The molecule has 0 N–H and O–H groups in total. The molecule has 0 rings (SSSR count). The summed E-state index contributed by atoms with van der Waals surface area (Å²) in [6.07, 6.45) is 3.97. The lowest BCUT2D eigenvalue weighted by Gasteiger charge is -2.09. The van der Waals surface area contributed by atoms with Crippen molar-refractivity contribution < 1.29 is 0 Å². The molecule has 78 valence electrons. The molecule has 0 aromatic rings. The fraction of sp³-hybridized carbons (Fsp3) is 1.00. The van der Waals surface area contributed by atoms with E-state index >= 15 is 0 Å². The molecule has 0 radical (unpaired) electrons. The molecular weight excluding hydrogens is 144 g/mol. The molecule has 0 amide bonds. The lowest BCUT2D eigenvalue weighted by Crippen LogP contribution is -1.97. The van der Waals surface area contributed by atoms with Crippen LogP contribution in [0.15, 0.2) is 0 Å². The van der Waals surface area contributed by atoms with Crippen molar-refractivity contribution >= 4 is 0 Å². The molecule has 0 spiro atoms. The Balaban J connectivity index is -0.000000177. The average Bonchev–Trinajstić information content (AvgIpc) is 1.88. The van der Waals surface area contributed by atoms with Crippen LogP contribution < -0.4 is 0 Å². The second kappa shape index (κ2) is 13.6. The Morgan fingerprint density at radius 1 is 0.917 bits per heavy atom. The summed E-state index contributed by atoms with van der Waals surface area (Å²) in [5, 5.41) is 0. The highest BCUT2D eigenvalue weighted by Gasteiger charge is 2.00. The first kappa shape index (κ1) is 17.9. The van der Waals surface area contributed by atoms with Gasteiger partial charge in [-0.1, -0.05) is 61.8 Å². The van der Waals surface area contributed by atoms with Crippen LogP contribution in [0.1, 0.15) is 68.2 Å². The molecule has 0 saturated heterocycles. The molecule has 0 heterocycles. The van der Waals surface area contributed by atoms with Gasteiger partial charge in [-0.05, 0) is 18.3 Å². The fourth-order valence-corrected chi connectivity index (χ4v) is 0.971. The minimum atomic E-state index is 0. The molecule has 0 aliphatic rings. The van der Waals surface area contributed by atoms with E-state index in [1.807, 2.05) is 0 Å². The van der Waals surface area contributed by atoms with Gasteiger partial charge in [-0.15, -0.1) is 0 Å². The van der Waals surface area contributed by atoms with E-state index < -0.39 is 0 Å². The Bertz CT molecular complexity index is 55.1. The van der Waals surface area contributed by atoms with E-state index in [9.17, 15) is 0 Å². The molecule has 12 heavy (non-hydrogen) atoms. The van der Waals surface area contributed by atoms with Gasteiger partial charge in [-0.3, -0.25) is 0 Å². The molecule has 0 aromatic carbocycles. The number of hydrogen-bond donors (Lipinski definition) is 0. The van der Waals surface area contributed by atoms with Crippen LogP contribution in [-0.2, 0) is 0 Å². The Hall–Kier alpha value is 0. The minimum Gasteiger partial charge on any atom is -0.0776 e. The van der Waals surface area contributed by atoms with Gasteiger partial charge in [0, 0.05) is 0 Å². The Labute approximate surface area is 80.8 Å². The summed E-state index contributed by atoms with van der Waals surface area (Å²) in [5.74, 6) is 1.81. The average molecular weight is 174 g/mol. The SMILES string of the molecule is C.CCC.CC[C@@H](C)CC(C)C. The predicted molar refractivity (Wildman–Crippen MR) is 61.6 cm³/mol. The number of rotatable bonds is 3. The maximum Gasteiger partial charge on any atom is -0.0443 e. The minimum absolute atomic E-state index is 0. The van der Waals surface area contributed by atoms with Crippen LogP contribution in [0.5, 0.6) is 0 Å². The summed E-state index contributed by atoms with van der Waals surface area (Å²) < 4.78 is 0. The summed E-state index contributed by atoms with van der Waals surface area (Å²) in [4.78, 5) is 0. The first-order chi connectivity index (χ1) is 5.08. The monoisotopic (exact) mass is 174 g/mol. The summed E-state index contributed by atoms with van der Waals surface area (Å²) in [6.45, 7) is 13.4. The normalized spacial score (nSPS) is 11.2. The van der Waals surface area contributed by atoms with Crippen LogP contribution in [0.25, 0.3) is 0 Å². The lowest BCUT2D eigenvalue weighted by molar-refractivity contribution is 0.429. The molecule has 0 aromatic heterocycles. The van der Waals surface area contributed by atoms with Crippen LogP contribution in [0, 0.1) is 11.8 Å². The Kier molecular flexibility index (Phi) is 20.3. The summed E-state index contributed by atoms with van der Waals surface area (Å²) in [6, 6.07) is 0. The molecule has 0 fully saturated rings. The maximum absolute atomic E-state index is 2.32. The zero-order valence-corrected chi connectivity index (χ0v) is 9.28. The molecule has 0 nitrogen and oxygen atoms in total. The smallest absolute Gasteiger partial charge is 0.0443 e. The van der Waals surface area contributed by atoms with Gasteiger partial charge in [-0.2, -0.15) is 0 Å². The Morgan fingerprint density at radius 3 is 1.33 bits per heavy atom. The largest absolute Gasteiger partial charge is 0.0776 e. The maximum atomic E-state index is 2.32. The van der Waals surface area contributed by atoms with Gasteiger partial charge in [0.15, 0.2) is 0 Å². The topological polar surface area (TPSA) is 0 Å². The standard InChI is InChI=1S/C8H18.C3H8.CH4/c1-5-8(4)6-7(2)3;1-3-2;/h7-8H,5-6H2,1-4H3;3H2,1-2H3;1H4/t8-;;/m1../s1. The summed E-state index contributed by atoms with van der Waals surface area (Å²) in [7, 11) is 0. The molecule has 0 bridgehead atoms. The molecule has 0 aliphatic carbocycles. The molecule has 1 atom stereocenters. The van der Waals surface area contributed by atoms with Gasteiger partial charge in [0.25, 0.3) is 0 Å². The molecule has 0 aliphatic heterocycles. The van der Waals surface area contributed by atoms with Gasteiger partial charge in [0.2, 0.25) is 0 Å². The zero-order valence-electron chi connectivity index (χ0n) is 9.28. The first-order valence-corrected chi connectivity index (χ1v) is 5.08. The van der Waals surface area contributed by atoms with Gasteiger partial charge in [-0.25, -0.2) is 0 Å². The highest BCUT2D eigenvalue weighted by atomic mass is 14.1. The number of hydrogen-bond acceptors (Lipinski definition) is 0. The second-order valence-electron chi connectivity index (χ2n) is 3.85. The van der Waals surface area contributed by atoms with E-state index in [-0.39, 0.29) is 7.43 Å². The van der Waals surface area contributed by atoms with E-state index in [1.54, 1.807) is 0 Å². The van der Waals surface area contributed by atoms with Crippen LogP contribution in [0.2, 0.25) is 0 Å². The molecule has 0 saturated carbocycles. The molecule has 0 unspecified atom stereocenters. The van der Waals surface area contributed by atoms with Crippen LogP contribution in [0.3, 0.4) is 0 Å². The second-order valence-corrected chi connectivity index (χ2v) is 3.85. The van der Waals surface area contributed by atoms with Gasteiger partial charge in [0.1, 0.15) is 0 Å². The van der Waals surface area contributed by atoms with E-state index in [0.717, 1.165) is 11.8 Å². The van der Waals surface area contributed by atoms with Crippen molar-refractivity contribution in [3.63, 3.8) is 0 Å². The van der Waals surface area contributed by atoms with Crippen LogP contribution >= 0.6 is 0 Å². The van der Waals surface area contributed by atoms with Crippen molar-refractivity contribution in [1.82, 2.24) is 0 Å². The third-order valence-electron chi connectivity index (χ3n) is 1.57. The summed E-state index contributed by atoms with van der Waals surface area (Å²) >= 11 is 0. The van der Waals surface area contributed by atoms with Gasteiger partial charge < -0.3 is 0 Å². The quantitative estimate of drug-likeness (QED) is 0.556. The van der Waals surface area contributed by atoms with Crippen LogP contribution in [-0.4, -0.2) is 0 Å². The third-order valence-corrected chi connectivity index (χ3v) is 1.57. The van der Waals surface area contributed by atoms with Crippen molar-refractivity contribution in [2.75, 3.05) is 0 Å². The zero-order chi connectivity index (χ0) is 9.28. The fourth-order valence-electron chi connectivity index (χ4n) is 0.971. The first-order valence-electron chi connectivity index (χ1n) is 5.08. The molecular formula is C12H30. The van der Waals surface area contributed by atoms with E-state index in [2.05, 4.69) is 41.5 Å². The lowest BCUT2D eigenvalue weighted by atomic mass is 9.97. The molecule has 0 heteroatoms. The highest BCUT2D eigenvalue weighted by molar-refractivity contribution is 4.52. The predicted octanol–water partition coefficient (Wildman–Crippen LogP) is 5.13. The van der Waals surface area contributed by atoms with Crippen molar-refractivity contribution in [2.24, 2.45) is 11.8 Å². The van der Waals surface area contributed by atoms with Crippen molar-refractivity contribution in [2.45, 2.75) is 68.2 Å². The van der Waals surface area contributed by atoms with E-state index in [4.69, 9.17) is 0 Å². The van der Waals surface area contributed by atoms with E-state index in [1.165, 1.54) is 19.3 Å². The van der Waals surface area contributed by atoms with Crippen LogP contribution in [0.4, 0.5) is 0 Å². The van der Waals surface area contributed by atoms with E-state index in [0.29, 0.717) is 0 Å². The Morgan fingerprint density at radius 2 is 1.25 bits per heavy atom. The van der Waals surface area contributed by atoms with Crippen molar-refractivity contribution in [1.29, 1.82) is 0 Å². The van der Waals surface area contributed by atoms with Gasteiger partial charge in [0.05, 0.1) is 0 Å². The highest BCUT2D eigenvalue weighted by Crippen LogP contribution is 2.12. The van der Waals surface area contributed by atoms with Gasteiger partial charge >= 0.3 is 0 Å². The van der Waals surface area contributed by atoms with Crippen molar-refractivity contribution in [3.8, 4) is 0 Å². The third kappa shape index (κ3) is 22.5. The summed E-state index contributed by atoms with van der Waals surface area (Å²) in [5.41, 5.74) is 0.